The van der Waals surface area contributed by atoms with Crippen LogP contribution >= 0.6 is 0 Å². The molecule has 0 spiro atoms. The highest BCUT2D eigenvalue weighted by Crippen LogP contribution is 2.50. The van der Waals surface area contributed by atoms with Crippen LogP contribution in [0.25, 0.3) is 22.4 Å². The van der Waals surface area contributed by atoms with Crippen LogP contribution in [0.3, 0.4) is 0 Å². The Morgan fingerprint density at radius 3 is 2.35 bits per heavy atom. The second-order valence-corrected chi connectivity index (χ2v) is 9.63. The number of carbonyl (C=O) groups excluding carboxylic acids is 2. The van der Waals surface area contributed by atoms with E-state index in [0.29, 0.717) is 52.2 Å². The molecule has 0 saturated carbocycles. The maximum Gasteiger partial charge on any atom is 0.405 e. The van der Waals surface area contributed by atoms with E-state index in [1.54, 1.807) is 54.7 Å². The second-order valence-electron chi connectivity index (χ2n) is 9.63. The molecular weight excluding hydrogens is 517 g/mol. The summed E-state index contributed by atoms with van der Waals surface area (Å²) in [6.07, 6.45) is -1.73. The largest absolute Gasteiger partial charge is 0.405 e. The van der Waals surface area contributed by atoms with Crippen LogP contribution in [-0.4, -0.2) is 29.5 Å². The zero-order chi connectivity index (χ0) is 28.4. The third kappa shape index (κ3) is 5.27. The van der Waals surface area contributed by atoms with Gasteiger partial charge in [0.05, 0.1) is 23.5 Å². The zero-order valence-electron chi connectivity index (χ0n) is 21.7. The van der Waals surface area contributed by atoms with Gasteiger partial charge in [0.25, 0.3) is 5.91 Å². The van der Waals surface area contributed by atoms with E-state index in [9.17, 15) is 22.8 Å². The quantitative estimate of drug-likeness (QED) is 0.237. The van der Waals surface area contributed by atoms with Crippen LogP contribution in [0.2, 0.25) is 0 Å². The first-order valence-electron chi connectivity index (χ1n) is 12.9. The van der Waals surface area contributed by atoms with E-state index < -0.39 is 24.5 Å². The molecule has 6 nitrogen and oxygen atoms in total. The molecule has 1 atom stereocenters. The fraction of sp³-hybridized carbons (Fsp3) is 0.194. The number of fused-ring (bicyclic) bond motifs is 3. The summed E-state index contributed by atoms with van der Waals surface area (Å²) < 4.78 is 38.8. The molecule has 9 heteroatoms. The van der Waals surface area contributed by atoms with E-state index in [-0.39, 0.29) is 5.91 Å². The van der Waals surface area contributed by atoms with Crippen LogP contribution in [0.1, 0.15) is 46.3 Å². The average molecular weight is 545 g/mol. The van der Waals surface area contributed by atoms with Crippen LogP contribution < -0.4 is 16.4 Å². The van der Waals surface area contributed by atoms with Crippen LogP contribution in [0, 0.1) is 0 Å². The predicted molar refractivity (Wildman–Crippen MR) is 149 cm³/mol. The number of anilines is 2. The van der Waals surface area contributed by atoms with Crippen molar-refractivity contribution in [1.82, 2.24) is 10.3 Å². The number of nitrogens with one attached hydrogen (secondary N) is 2. The molecule has 1 unspecified atom stereocenters. The summed E-state index contributed by atoms with van der Waals surface area (Å²) in [5.41, 5.74) is 12.9. The number of aromatic nitrogens is 1. The van der Waals surface area contributed by atoms with Crippen LogP contribution in [0.5, 0.6) is 0 Å². The van der Waals surface area contributed by atoms with Crippen molar-refractivity contribution in [3.8, 4) is 22.4 Å². The van der Waals surface area contributed by atoms with E-state index in [1.165, 1.54) is 0 Å². The number of hydrogen-bond acceptors (Lipinski definition) is 4. The van der Waals surface area contributed by atoms with Crippen LogP contribution in [-0.2, 0) is 11.2 Å². The first-order chi connectivity index (χ1) is 19.2. The van der Waals surface area contributed by atoms with Crippen molar-refractivity contribution in [2.24, 2.45) is 0 Å². The van der Waals surface area contributed by atoms with Gasteiger partial charge in [-0.15, -0.1) is 0 Å². The third-order valence-electron chi connectivity index (χ3n) is 6.93. The lowest BCUT2D eigenvalue weighted by Gasteiger charge is -2.21. The summed E-state index contributed by atoms with van der Waals surface area (Å²) in [5, 5.41) is 4.88. The monoisotopic (exact) mass is 544 g/mol. The number of amides is 2. The van der Waals surface area contributed by atoms with Gasteiger partial charge < -0.3 is 16.4 Å². The van der Waals surface area contributed by atoms with Gasteiger partial charge in [0.15, 0.2) is 0 Å². The maximum atomic E-state index is 13.2. The Kier molecular flexibility index (Phi) is 7.30. The lowest BCUT2D eigenvalue weighted by Crippen LogP contribution is -2.37. The van der Waals surface area contributed by atoms with Crippen molar-refractivity contribution in [2.75, 3.05) is 17.6 Å². The molecular formula is C31H27F3N4O2. The molecule has 4 aromatic rings. The Balaban J connectivity index is 1.54. The molecule has 3 aromatic carbocycles. The Labute approximate surface area is 229 Å². The van der Waals surface area contributed by atoms with Gasteiger partial charge in [-0.1, -0.05) is 55.8 Å². The van der Waals surface area contributed by atoms with Gasteiger partial charge in [0.1, 0.15) is 6.54 Å². The maximum absolute atomic E-state index is 13.2. The minimum atomic E-state index is -4.52. The third-order valence-corrected chi connectivity index (χ3v) is 6.93. The van der Waals surface area contributed by atoms with Gasteiger partial charge in [-0.3, -0.25) is 14.6 Å². The number of nitrogens with zero attached hydrogens (tertiary/aromatic N) is 1. The van der Waals surface area contributed by atoms with Gasteiger partial charge in [-0.2, -0.15) is 13.2 Å². The SMILES string of the molecule is CCCc1c(N)c(-c2ccc(NC(=O)c3ccccc3)cn2)cc2c1C(C(=O)NCC(F)(F)F)c1ccccc1-2. The molecule has 1 aromatic heterocycles. The van der Waals surface area contributed by atoms with Crippen molar-refractivity contribution in [1.29, 1.82) is 0 Å². The molecule has 0 fully saturated rings. The number of halogens is 3. The van der Waals surface area contributed by atoms with Crippen LogP contribution in [0.4, 0.5) is 24.5 Å². The highest BCUT2D eigenvalue weighted by atomic mass is 19.4. The van der Waals surface area contributed by atoms with Crippen LogP contribution in [0.15, 0.2) is 79.0 Å². The fourth-order valence-electron chi connectivity index (χ4n) is 5.19. The van der Waals surface area contributed by atoms with E-state index in [2.05, 4.69) is 15.6 Å². The number of benzene rings is 3. The molecule has 0 aliphatic heterocycles. The molecule has 204 valence electrons. The van der Waals surface area contributed by atoms with Gasteiger partial charge in [-0.25, -0.2) is 0 Å². The molecule has 4 N–H and O–H groups in total. The molecule has 40 heavy (non-hydrogen) atoms. The molecule has 5 rings (SSSR count). The summed E-state index contributed by atoms with van der Waals surface area (Å²) in [6.45, 7) is 0.565. The Morgan fingerprint density at radius 1 is 0.950 bits per heavy atom. The number of nitrogen functional groups attached to an aromatic ring is 1. The predicted octanol–water partition coefficient (Wildman–Crippen LogP) is 6.33. The summed E-state index contributed by atoms with van der Waals surface area (Å²) in [7, 11) is 0. The Bertz CT molecular complexity index is 1570. The topological polar surface area (TPSA) is 97.1 Å². The number of carbonyl (C=O) groups is 2. The number of pyridine rings is 1. The van der Waals surface area contributed by atoms with E-state index in [1.807, 2.05) is 31.2 Å². The van der Waals surface area contributed by atoms with Crippen molar-refractivity contribution in [2.45, 2.75) is 31.9 Å². The zero-order valence-corrected chi connectivity index (χ0v) is 21.7. The molecule has 1 heterocycles. The number of alkyl halides is 3. The molecule has 0 saturated heterocycles. The summed E-state index contributed by atoms with van der Waals surface area (Å²) in [4.78, 5) is 30.2. The number of rotatable bonds is 7. The number of hydrogen-bond donors (Lipinski definition) is 3. The first kappa shape index (κ1) is 26.9. The molecule has 0 bridgehead atoms. The summed E-state index contributed by atoms with van der Waals surface area (Å²) >= 11 is 0. The lowest BCUT2D eigenvalue weighted by atomic mass is 9.87. The van der Waals surface area contributed by atoms with Gasteiger partial charge in [0, 0.05) is 16.8 Å². The average Bonchev–Trinajstić information content (AvgIpc) is 3.28. The lowest BCUT2D eigenvalue weighted by molar-refractivity contribution is -0.138. The molecule has 1 aliphatic rings. The minimum Gasteiger partial charge on any atom is -0.398 e. The van der Waals surface area contributed by atoms with Crippen molar-refractivity contribution in [3.05, 3.63) is 101 Å². The normalized spacial score (nSPS) is 13.8. The molecule has 1 aliphatic carbocycles. The van der Waals surface area contributed by atoms with Crippen molar-refractivity contribution < 1.29 is 22.8 Å². The van der Waals surface area contributed by atoms with Crippen molar-refractivity contribution in [3.63, 3.8) is 0 Å². The fourth-order valence-corrected chi connectivity index (χ4v) is 5.19. The van der Waals surface area contributed by atoms with Gasteiger partial charge in [-0.05, 0) is 64.6 Å². The van der Waals surface area contributed by atoms with Gasteiger partial charge >= 0.3 is 6.18 Å². The first-order valence-corrected chi connectivity index (χ1v) is 12.9. The Hall–Kier alpha value is -4.66. The minimum absolute atomic E-state index is 0.260. The second kappa shape index (κ2) is 10.8. The van der Waals surface area contributed by atoms with E-state index >= 15 is 0 Å². The highest BCUT2D eigenvalue weighted by molar-refractivity contribution is 6.04. The van der Waals surface area contributed by atoms with E-state index in [0.717, 1.165) is 16.7 Å². The number of nitrogens with two attached hydrogens (primary N) is 1. The summed E-state index contributed by atoms with van der Waals surface area (Å²) in [6, 6.07) is 21.4. The standard InChI is InChI=1S/C31H27F3N4O2/c1-2-8-22-26-23(20-11-6-7-12-21(20)27(26)30(40)37-17-31(32,33)34)15-24(28(22)35)25-14-13-19(16-36-25)38-29(39)18-9-4-3-5-10-18/h3-7,9-16,27H,2,8,17,35H2,1H3,(H,37,40)(H,38,39). The smallest absolute Gasteiger partial charge is 0.398 e. The van der Waals surface area contributed by atoms with Crippen molar-refractivity contribution >= 4 is 23.2 Å². The van der Waals surface area contributed by atoms with E-state index in [4.69, 9.17) is 5.73 Å². The molecule has 0 radical (unpaired) electrons. The molecule has 2 amide bonds. The highest BCUT2D eigenvalue weighted by Gasteiger charge is 2.38. The Morgan fingerprint density at radius 2 is 1.68 bits per heavy atom. The summed E-state index contributed by atoms with van der Waals surface area (Å²) in [5.74, 6) is -1.89. The van der Waals surface area contributed by atoms with Gasteiger partial charge in [0.2, 0.25) is 5.91 Å².